The molecule has 190 valence electrons. The molecular formula is C36H30O2P+. The summed E-state index contributed by atoms with van der Waals surface area (Å²) in [5.74, 6) is -0.157. The minimum atomic E-state index is -2.17. The Balaban J connectivity index is 1.56. The van der Waals surface area contributed by atoms with Gasteiger partial charge in [-0.1, -0.05) is 83.4 Å². The van der Waals surface area contributed by atoms with Crippen LogP contribution in [0.4, 0.5) is 0 Å². The number of benzene rings is 5. The molecule has 0 unspecified atom stereocenters. The van der Waals surface area contributed by atoms with Crippen molar-refractivity contribution in [1.82, 2.24) is 0 Å². The zero-order valence-corrected chi connectivity index (χ0v) is 23.3. The first-order chi connectivity index (χ1) is 18.9. The molecule has 0 spiro atoms. The molecule has 3 heteroatoms. The highest BCUT2D eigenvalue weighted by Crippen LogP contribution is 2.58. The Morgan fingerprint density at radius 3 is 1.28 bits per heavy atom. The largest absolute Gasteiger partial charge is 0.289 e. The molecular weight excluding hydrogens is 495 g/mol. The number of fused-ring (bicyclic) bond motifs is 2. The van der Waals surface area contributed by atoms with Crippen LogP contribution in [0.2, 0.25) is 0 Å². The number of hydrogen-bond donors (Lipinski definition) is 0. The lowest BCUT2D eigenvalue weighted by Crippen LogP contribution is -2.33. The highest BCUT2D eigenvalue weighted by Gasteiger charge is 2.46. The Bertz CT molecular complexity index is 1600. The number of ketones is 2. The van der Waals surface area contributed by atoms with E-state index in [-0.39, 0.29) is 11.6 Å². The average Bonchev–Trinajstić information content (AvgIpc) is 2.96. The standard InChI is InChI=1S/C36H30O2P/c1-24-8-15-28(16-9-24)39(29-17-10-25(2)11-18-29,30-19-12-26(3)13-20-30)23-27-14-21-33-34(22-27)36(38)32-7-5-4-6-31(32)35(33)37/h4-22H,23H2,1-3H3/q+1. The summed E-state index contributed by atoms with van der Waals surface area (Å²) >= 11 is 0. The fourth-order valence-corrected chi connectivity index (χ4v) is 9.80. The highest BCUT2D eigenvalue weighted by atomic mass is 31.2. The van der Waals surface area contributed by atoms with Crippen LogP contribution in [0.25, 0.3) is 0 Å². The summed E-state index contributed by atoms with van der Waals surface area (Å²) in [6.45, 7) is 6.35. The molecule has 0 atom stereocenters. The number of rotatable bonds is 5. The topological polar surface area (TPSA) is 34.1 Å². The van der Waals surface area contributed by atoms with Crippen LogP contribution in [0.15, 0.2) is 115 Å². The van der Waals surface area contributed by atoms with Gasteiger partial charge >= 0.3 is 0 Å². The Kier molecular flexibility index (Phi) is 6.37. The summed E-state index contributed by atoms with van der Waals surface area (Å²) in [6, 6.07) is 39.8. The van der Waals surface area contributed by atoms with E-state index >= 15 is 0 Å². The maximum absolute atomic E-state index is 13.6. The molecule has 0 aliphatic heterocycles. The lowest BCUT2D eigenvalue weighted by molar-refractivity contribution is 0.0979. The normalized spacial score (nSPS) is 12.7. The smallest absolute Gasteiger partial charge is 0.194 e. The second kappa shape index (κ2) is 9.88. The van der Waals surface area contributed by atoms with Crippen molar-refractivity contribution in [1.29, 1.82) is 0 Å². The Labute approximate surface area is 230 Å². The molecule has 0 saturated heterocycles. The van der Waals surface area contributed by atoms with Crippen LogP contribution in [-0.4, -0.2) is 11.6 Å². The van der Waals surface area contributed by atoms with E-state index in [4.69, 9.17) is 0 Å². The van der Waals surface area contributed by atoms with Crippen LogP contribution in [0.1, 0.15) is 54.1 Å². The lowest BCUT2D eigenvalue weighted by Gasteiger charge is -2.29. The minimum Gasteiger partial charge on any atom is -0.289 e. The van der Waals surface area contributed by atoms with E-state index < -0.39 is 7.26 Å². The van der Waals surface area contributed by atoms with Gasteiger partial charge in [-0.25, -0.2) is 0 Å². The van der Waals surface area contributed by atoms with Crippen molar-refractivity contribution in [2.24, 2.45) is 0 Å². The quantitative estimate of drug-likeness (QED) is 0.230. The first kappa shape index (κ1) is 25.2. The SMILES string of the molecule is Cc1ccc([P+](Cc2ccc3c(c2)C(=O)c2ccccc2C3=O)(c2ccc(C)cc2)c2ccc(C)cc2)cc1. The van der Waals surface area contributed by atoms with Crippen molar-refractivity contribution in [3.63, 3.8) is 0 Å². The maximum Gasteiger partial charge on any atom is 0.194 e. The molecule has 1 aliphatic rings. The third kappa shape index (κ3) is 4.36. The predicted molar refractivity (Wildman–Crippen MR) is 163 cm³/mol. The third-order valence-electron chi connectivity index (χ3n) is 7.83. The summed E-state index contributed by atoms with van der Waals surface area (Å²) in [7, 11) is -2.17. The van der Waals surface area contributed by atoms with Gasteiger partial charge < -0.3 is 0 Å². The van der Waals surface area contributed by atoms with Crippen molar-refractivity contribution in [3.8, 4) is 0 Å². The summed E-state index contributed by atoms with van der Waals surface area (Å²) < 4.78 is 0. The summed E-state index contributed by atoms with van der Waals surface area (Å²) in [6.07, 6.45) is 0.749. The molecule has 0 radical (unpaired) electrons. The minimum absolute atomic E-state index is 0.0769. The van der Waals surface area contributed by atoms with Crippen LogP contribution < -0.4 is 15.9 Å². The summed E-state index contributed by atoms with van der Waals surface area (Å²) in [5.41, 5.74) is 6.71. The number of hydrogen-bond acceptors (Lipinski definition) is 2. The van der Waals surface area contributed by atoms with Gasteiger partial charge in [-0.2, -0.15) is 0 Å². The lowest BCUT2D eigenvalue weighted by atomic mass is 9.83. The van der Waals surface area contributed by atoms with Crippen molar-refractivity contribution < 1.29 is 9.59 Å². The van der Waals surface area contributed by atoms with Gasteiger partial charge in [-0.15, -0.1) is 0 Å². The number of aryl methyl sites for hydroxylation is 3. The third-order valence-corrected chi connectivity index (χ3v) is 12.2. The molecule has 0 N–H and O–H groups in total. The second-order valence-corrected chi connectivity index (χ2v) is 14.0. The Hall–Kier alpha value is -4.13. The van der Waals surface area contributed by atoms with Crippen LogP contribution in [0.3, 0.4) is 0 Å². The molecule has 0 amide bonds. The molecule has 2 nitrogen and oxygen atoms in total. The second-order valence-electron chi connectivity index (χ2n) is 10.6. The van der Waals surface area contributed by atoms with Crippen molar-refractivity contribution in [2.75, 3.05) is 0 Å². The fraction of sp³-hybridized carbons (Fsp3) is 0.111. The van der Waals surface area contributed by atoms with E-state index in [1.807, 2.05) is 30.3 Å². The molecule has 0 bridgehead atoms. The molecule has 0 saturated carbocycles. The highest BCUT2D eigenvalue weighted by molar-refractivity contribution is 7.95. The van der Waals surface area contributed by atoms with E-state index in [9.17, 15) is 9.59 Å². The molecule has 0 heterocycles. The van der Waals surface area contributed by atoms with Gasteiger partial charge in [0.15, 0.2) is 11.6 Å². The van der Waals surface area contributed by atoms with Crippen LogP contribution in [0, 0.1) is 20.8 Å². The molecule has 6 rings (SSSR count). The van der Waals surface area contributed by atoms with Crippen molar-refractivity contribution in [2.45, 2.75) is 26.9 Å². The van der Waals surface area contributed by atoms with E-state index in [1.165, 1.54) is 32.6 Å². The van der Waals surface area contributed by atoms with E-state index in [1.54, 1.807) is 12.1 Å². The summed E-state index contributed by atoms with van der Waals surface area (Å²) in [5, 5.41) is 3.89. The van der Waals surface area contributed by atoms with Gasteiger partial charge in [0.1, 0.15) is 23.2 Å². The first-order valence-electron chi connectivity index (χ1n) is 13.3. The number of carbonyl (C=O) groups excluding carboxylic acids is 2. The van der Waals surface area contributed by atoms with Gasteiger partial charge in [0.05, 0.1) is 6.16 Å². The first-order valence-corrected chi connectivity index (χ1v) is 15.3. The van der Waals surface area contributed by atoms with E-state index in [0.29, 0.717) is 22.3 Å². The van der Waals surface area contributed by atoms with Crippen molar-refractivity contribution in [3.05, 3.63) is 160 Å². The monoisotopic (exact) mass is 525 g/mol. The Morgan fingerprint density at radius 1 is 0.462 bits per heavy atom. The average molecular weight is 526 g/mol. The molecule has 39 heavy (non-hydrogen) atoms. The van der Waals surface area contributed by atoms with Gasteiger partial charge in [-0.05, 0) is 74.9 Å². The van der Waals surface area contributed by atoms with Gasteiger partial charge in [0, 0.05) is 22.3 Å². The maximum atomic E-state index is 13.6. The van der Waals surface area contributed by atoms with E-state index in [0.717, 1.165) is 11.7 Å². The van der Waals surface area contributed by atoms with Gasteiger partial charge in [0.2, 0.25) is 0 Å². The van der Waals surface area contributed by atoms with Crippen molar-refractivity contribution >= 4 is 34.7 Å². The van der Waals surface area contributed by atoms with Gasteiger partial charge in [0.25, 0.3) is 0 Å². The Morgan fingerprint density at radius 2 is 0.846 bits per heavy atom. The van der Waals surface area contributed by atoms with Crippen LogP contribution in [0.5, 0.6) is 0 Å². The fourth-order valence-electron chi connectivity index (χ4n) is 5.64. The predicted octanol–water partition coefficient (Wildman–Crippen LogP) is 6.88. The zero-order chi connectivity index (χ0) is 27.1. The van der Waals surface area contributed by atoms with Crippen LogP contribution in [-0.2, 0) is 6.16 Å². The molecule has 0 aromatic heterocycles. The molecule has 5 aromatic carbocycles. The molecule has 5 aromatic rings. The van der Waals surface area contributed by atoms with E-state index in [2.05, 4.69) is 93.6 Å². The molecule has 1 aliphatic carbocycles. The van der Waals surface area contributed by atoms with Gasteiger partial charge in [-0.3, -0.25) is 9.59 Å². The van der Waals surface area contributed by atoms with Crippen LogP contribution >= 0.6 is 7.26 Å². The number of carbonyl (C=O) groups is 2. The zero-order valence-electron chi connectivity index (χ0n) is 22.4. The molecule has 0 fully saturated rings. The summed E-state index contributed by atoms with van der Waals surface area (Å²) in [4.78, 5) is 26.8.